The third-order valence-electron chi connectivity index (χ3n) is 4.87. The minimum Gasteiger partial charge on any atom is -0.456 e. The lowest BCUT2D eigenvalue weighted by Crippen LogP contribution is -2.14. The number of nitrogens with zero attached hydrogens (tertiary/aromatic N) is 4. The van der Waals surface area contributed by atoms with E-state index in [0.29, 0.717) is 40.6 Å². The number of H-pyrrole nitrogens is 1. The Morgan fingerprint density at radius 3 is 2.53 bits per heavy atom. The van der Waals surface area contributed by atoms with Gasteiger partial charge in [-0.15, -0.1) is 0 Å². The van der Waals surface area contributed by atoms with Crippen LogP contribution >= 0.6 is 11.8 Å². The summed E-state index contributed by atoms with van der Waals surface area (Å²) >= 11 is 1.23. The van der Waals surface area contributed by atoms with Crippen molar-refractivity contribution in [2.45, 2.75) is 23.5 Å². The minimum absolute atomic E-state index is 0.0201. The summed E-state index contributed by atoms with van der Waals surface area (Å²) in [5.74, 6) is -1.31. The van der Waals surface area contributed by atoms with Crippen LogP contribution in [-0.2, 0) is 18.3 Å². The van der Waals surface area contributed by atoms with Crippen molar-refractivity contribution in [3.8, 4) is 17.6 Å². The average Bonchev–Trinajstić information content (AvgIpc) is 2.86. The molecule has 182 valence electrons. The molecule has 2 aromatic carbocycles. The number of thioether (sulfide) groups is 1. The number of ether oxygens (including phenoxy) is 1. The summed E-state index contributed by atoms with van der Waals surface area (Å²) in [7, 11) is 0. The van der Waals surface area contributed by atoms with E-state index in [-0.39, 0.29) is 22.6 Å². The summed E-state index contributed by atoms with van der Waals surface area (Å²) in [5, 5.41) is 9.85. The monoisotopic (exact) mass is 513 g/mol. The van der Waals surface area contributed by atoms with Crippen LogP contribution in [0.5, 0.6) is 11.5 Å². The van der Waals surface area contributed by atoms with Crippen LogP contribution in [0.25, 0.3) is 0 Å². The number of nitriles is 1. The predicted octanol–water partition coefficient (Wildman–Crippen LogP) is 5.26. The maximum Gasteiger partial charge on any atom is 0.419 e. The van der Waals surface area contributed by atoms with E-state index in [1.807, 2.05) is 6.07 Å². The van der Waals surface area contributed by atoms with E-state index in [1.54, 1.807) is 18.5 Å². The summed E-state index contributed by atoms with van der Waals surface area (Å²) in [6, 6.07) is 8.75. The number of hydrogen-bond donors (Lipinski definition) is 1. The Morgan fingerprint density at radius 2 is 1.83 bits per heavy atom. The van der Waals surface area contributed by atoms with E-state index in [1.165, 1.54) is 36.4 Å². The highest BCUT2D eigenvalue weighted by Crippen LogP contribution is 2.35. The predicted molar refractivity (Wildman–Crippen MR) is 122 cm³/mol. The van der Waals surface area contributed by atoms with Gasteiger partial charge in [-0.05, 0) is 41.5 Å². The first-order valence-electron chi connectivity index (χ1n) is 10.3. The molecule has 0 fully saturated rings. The molecular weight excluding hydrogens is 498 g/mol. The summed E-state index contributed by atoms with van der Waals surface area (Å²) in [4.78, 5) is 27.2. The van der Waals surface area contributed by atoms with E-state index < -0.39 is 17.6 Å². The smallest absolute Gasteiger partial charge is 0.419 e. The van der Waals surface area contributed by atoms with Gasteiger partial charge in [-0.25, -0.2) is 19.3 Å². The molecule has 0 aliphatic carbocycles. The molecule has 2 heterocycles. The highest BCUT2D eigenvalue weighted by atomic mass is 32.2. The van der Waals surface area contributed by atoms with Crippen molar-refractivity contribution in [3.05, 3.63) is 105 Å². The van der Waals surface area contributed by atoms with Gasteiger partial charge in [-0.3, -0.25) is 4.79 Å². The standard InChI is InChI=1S/C24H15F4N5O2S/c25-20-3-2-18(7-19(20)24(26,27)28)35-21-4-1-14(5-16(21)8-29)12-36-23-32-11-17(22(34)33-23)6-15-9-30-13-31-10-15/h1-5,7,9-11,13H,6,12H2,(H,32,33,34). The van der Waals surface area contributed by atoms with Crippen LogP contribution in [0.3, 0.4) is 0 Å². The molecule has 36 heavy (non-hydrogen) atoms. The molecule has 4 aromatic rings. The second kappa shape index (κ2) is 10.6. The van der Waals surface area contributed by atoms with Crippen molar-refractivity contribution in [2.75, 3.05) is 0 Å². The Morgan fingerprint density at radius 1 is 1.06 bits per heavy atom. The molecule has 0 saturated heterocycles. The topological polar surface area (TPSA) is 105 Å². The molecular formula is C24H15F4N5O2S. The van der Waals surface area contributed by atoms with Gasteiger partial charge < -0.3 is 9.72 Å². The van der Waals surface area contributed by atoms with Gasteiger partial charge in [-0.1, -0.05) is 17.8 Å². The molecule has 0 unspecified atom stereocenters. The molecule has 7 nitrogen and oxygen atoms in total. The molecule has 0 saturated carbocycles. The van der Waals surface area contributed by atoms with Crippen LogP contribution in [0.2, 0.25) is 0 Å². The number of hydrogen-bond acceptors (Lipinski definition) is 7. The maximum atomic E-state index is 13.5. The first kappa shape index (κ1) is 24.9. The molecule has 2 aromatic heterocycles. The Balaban J connectivity index is 1.45. The molecule has 0 atom stereocenters. The number of nitrogens with one attached hydrogen (secondary N) is 1. The molecule has 0 bridgehead atoms. The Hall–Kier alpha value is -4.24. The van der Waals surface area contributed by atoms with Gasteiger partial charge in [-0.2, -0.15) is 18.4 Å². The summed E-state index contributed by atoms with van der Waals surface area (Å²) < 4.78 is 57.8. The van der Waals surface area contributed by atoms with Crippen LogP contribution in [0.1, 0.15) is 27.8 Å². The number of benzene rings is 2. The number of alkyl halides is 3. The number of rotatable bonds is 7. The van der Waals surface area contributed by atoms with Crippen molar-refractivity contribution in [1.82, 2.24) is 19.9 Å². The fourth-order valence-corrected chi connectivity index (χ4v) is 3.93. The largest absolute Gasteiger partial charge is 0.456 e. The fraction of sp³-hybridized carbons (Fsp3) is 0.125. The third-order valence-corrected chi connectivity index (χ3v) is 5.83. The highest BCUT2D eigenvalue weighted by Gasteiger charge is 2.34. The molecule has 4 rings (SSSR count). The van der Waals surface area contributed by atoms with Crippen LogP contribution in [0.4, 0.5) is 17.6 Å². The van der Waals surface area contributed by atoms with Crippen molar-refractivity contribution in [1.29, 1.82) is 5.26 Å². The first-order chi connectivity index (χ1) is 17.2. The van der Waals surface area contributed by atoms with Gasteiger partial charge in [0.2, 0.25) is 0 Å². The zero-order valence-corrected chi connectivity index (χ0v) is 19.0. The number of halogens is 4. The molecule has 12 heteroatoms. The highest BCUT2D eigenvalue weighted by molar-refractivity contribution is 7.98. The van der Waals surface area contributed by atoms with Gasteiger partial charge in [0.05, 0.1) is 11.1 Å². The molecule has 0 aliphatic rings. The zero-order valence-electron chi connectivity index (χ0n) is 18.2. The number of aromatic nitrogens is 4. The van der Waals surface area contributed by atoms with Crippen molar-refractivity contribution < 1.29 is 22.3 Å². The molecule has 0 spiro atoms. The zero-order chi connectivity index (χ0) is 25.7. The lowest BCUT2D eigenvalue weighted by Gasteiger charge is -2.12. The maximum absolute atomic E-state index is 13.5. The molecule has 1 N–H and O–H groups in total. The molecule has 0 aliphatic heterocycles. The fourth-order valence-electron chi connectivity index (χ4n) is 3.15. The minimum atomic E-state index is -4.88. The van der Waals surface area contributed by atoms with Gasteiger partial charge in [0.15, 0.2) is 5.16 Å². The number of aromatic amines is 1. The summed E-state index contributed by atoms with van der Waals surface area (Å²) in [6.45, 7) is 0. The Kier molecular flexibility index (Phi) is 7.30. The Bertz CT molecular complexity index is 1490. The normalized spacial score (nSPS) is 11.2. The lowest BCUT2D eigenvalue weighted by molar-refractivity contribution is -0.140. The van der Waals surface area contributed by atoms with E-state index in [4.69, 9.17) is 4.74 Å². The quantitative estimate of drug-likeness (QED) is 0.204. The SMILES string of the molecule is N#Cc1cc(CSc2ncc(Cc3cncnc3)c(=O)[nH]2)ccc1Oc1ccc(F)c(C(F)(F)F)c1. The molecule has 0 amide bonds. The van der Waals surface area contributed by atoms with Gasteiger partial charge in [0.25, 0.3) is 5.56 Å². The van der Waals surface area contributed by atoms with E-state index in [2.05, 4.69) is 19.9 Å². The van der Waals surface area contributed by atoms with Crippen molar-refractivity contribution in [2.24, 2.45) is 0 Å². The van der Waals surface area contributed by atoms with Crippen LogP contribution in [0.15, 0.2) is 71.3 Å². The van der Waals surface area contributed by atoms with Crippen molar-refractivity contribution in [3.63, 3.8) is 0 Å². The van der Waals surface area contributed by atoms with Crippen LogP contribution in [-0.4, -0.2) is 19.9 Å². The third kappa shape index (κ3) is 6.05. The average molecular weight is 513 g/mol. The van der Waals surface area contributed by atoms with Gasteiger partial charge in [0, 0.05) is 36.3 Å². The van der Waals surface area contributed by atoms with Gasteiger partial charge in [0.1, 0.15) is 29.7 Å². The van der Waals surface area contributed by atoms with Gasteiger partial charge >= 0.3 is 6.18 Å². The second-order valence-electron chi connectivity index (χ2n) is 7.44. The van der Waals surface area contributed by atoms with Crippen LogP contribution < -0.4 is 10.3 Å². The molecule has 0 radical (unpaired) electrons. The lowest BCUT2D eigenvalue weighted by atomic mass is 10.1. The Labute approximate surface area is 205 Å². The summed E-state index contributed by atoms with van der Waals surface area (Å²) in [6.07, 6.45) is 1.55. The second-order valence-corrected chi connectivity index (χ2v) is 8.40. The van der Waals surface area contributed by atoms with E-state index in [9.17, 15) is 27.6 Å². The van der Waals surface area contributed by atoms with Crippen molar-refractivity contribution >= 4 is 11.8 Å². The first-order valence-corrected chi connectivity index (χ1v) is 11.2. The van der Waals surface area contributed by atoms with E-state index in [0.717, 1.165) is 11.6 Å². The summed E-state index contributed by atoms with van der Waals surface area (Å²) in [5.41, 5.74) is 0.232. The van der Waals surface area contributed by atoms with Crippen LogP contribution in [0, 0.1) is 17.1 Å². The van der Waals surface area contributed by atoms with E-state index >= 15 is 0 Å².